The van der Waals surface area contributed by atoms with E-state index in [1.54, 1.807) is 18.9 Å². The van der Waals surface area contributed by atoms with Gasteiger partial charge in [-0.15, -0.1) is 0 Å². The van der Waals surface area contributed by atoms with Crippen LogP contribution in [0.3, 0.4) is 0 Å². The molecule has 0 fully saturated rings. The minimum absolute atomic E-state index is 0.232. The van der Waals surface area contributed by atoms with E-state index in [2.05, 4.69) is 11.9 Å². The van der Waals surface area contributed by atoms with Crippen LogP contribution in [-0.4, -0.2) is 51.1 Å². The molecule has 1 aromatic carbocycles. The summed E-state index contributed by atoms with van der Waals surface area (Å²) in [6, 6.07) is 7.52. The molecule has 2 unspecified atom stereocenters. The van der Waals surface area contributed by atoms with Crippen molar-refractivity contribution >= 4 is 17.7 Å². The molecule has 34 heavy (non-hydrogen) atoms. The zero-order valence-electron chi connectivity index (χ0n) is 19.6. The Bertz CT molecular complexity index is 1010. The maximum Gasteiger partial charge on any atom is 0.415 e. The Morgan fingerprint density at radius 3 is 2.68 bits per heavy atom. The van der Waals surface area contributed by atoms with Crippen molar-refractivity contribution in [2.75, 3.05) is 40.1 Å². The molecule has 0 aromatic heterocycles. The van der Waals surface area contributed by atoms with Crippen LogP contribution >= 0.6 is 11.6 Å². The number of hydrogen-bond donors (Lipinski definition) is 1. The first-order valence-corrected chi connectivity index (χ1v) is 11.9. The Balaban J connectivity index is 1.53. The van der Waals surface area contributed by atoms with Crippen molar-refractivity contribution in [3.8, 4) is 5.75 Å². The predicted molar refractivity (Wildman–Crippen MR) is 130 cm³/mol. The van der Waals surface area contributed by atoms with E-state index in [-0.39, 0.29) is 12.0 Å². The predicted octanol–water partition coefficient (Wildman–Crippen LogP) is 5.03. The number of rotatable bonds is 9. The zero-order valence-corrected chi connectivity index (χ0v) is 20.4. The first kappa shape index (κ1) is 24.4. The van der Waals surface area contributed by atoms with E-state index in [1.807, 2.05) is 36.4 Å². The molecule has 0 saturated carbocycles. The number of fused-ring (bicyclic) bond motifs is 2. The van der Waals surface area contributed by atoms with E-state index in [0.29, 0.717) is 38.7 Å². The average Bonchev–Trinajstić information content (AvgIpc) is 3.18. The number of carbonyl (C=O) groups excluding carboxylic acids is 1. The average molecular weight is 487 g/mol. The maximum atomic E-state index is 13.0. The summed E-state index contributed by atoms with van der Waals surface area (Å²) in [6.07, 6.45) is 5.11. The smallest absolute Gasteiger partial charge is 0.415 e. The Morgan fingerprint density at radius 1 is 1.18 bits per heavy atom. The lowest BCUT2D eigenvalue weighted by atomic mass is 9.85. The van der Waals surface area contributed by atoms with Crippen LogP contribution in [0.15, 0.2) is 70.8 Å². The highest BCUT2D eigenvalue weighted by atomic mass is 35.5. The minimum atomic E-state index is -0.403. The van der Waals surface area contributed by atoms with Crippen molar-refractivity contribution in [3.05, 3.63) is 76.3 Å². The van der Waals surface area contributed by atoms with Crippen molar-refractivity contribution < 1.29 is 23.7 Å². The number of benzene rings is 1. The number of methoxy groups -OCH3 is 1. The van der Waals surface area contributed by atoms with Crippen molar-refractivity contribution in [1.82, 2.24) is 10.2 Å². The summed E-state index contributed by atoms with van der Waals surface area (Å²) in [6.45, 7) is 7.99. The lowest BCUT2D eigenvalue weighted by Gasteiger charge is -2.37. The molecular formula is C26H31ClN2O5. The number of halogens is 1. The Kier molecular flexibility index (Phi) is 7.98. The molecule has 0 saturated heterocycles. The second-order valence-electron chi connectivity index (χ2n) is 8.49. The van der Waals surface area contributed by atoms with Gasteiger partial charge in [-0.2, -0.15) is 0 Å². The van der Waals surface area contributed by atoms with E-state index in [0.717, 1.165) is 40.6 Å². The van der Waals surface area contributed by atoms with Crippen LogP contribution in [0, 0.1) is 5.92 Å². The lowest BCUT2D eigenvalue weighted by Crippen LogP contribution is -2.41. The van der Waals surface area contributed by atoms with Gasteiger partial charge >= 0.3 is 6.09 Å². The fourth-order valence-corrected chi connectivity index (χ4v) is 4.79. The van der Waals surface area contributed by atoms with Gasteiger partial charge in [-0.25, -0.2) is 4.79 Å². The summed E-state index contributed by atoms with van der Waals surface area (Å²) in [4.78, 5) is 14.7. The van der Waals surface area contributed by atoms with Crippen molar-refractivity contribution in [2.24, 2.45) is 5.92 Å². The number of carbonyl (C=O) groups is 1. The van der Waals surface area contributed by atoms with E-state index >= 15 is 0 Å². The third-order valence-corrected chi connectivity index (χ3v) is 6.37. The number of nitrogens with zero attached hydrogens (tertiary/aromatic N) is 1. The number of ether oxygens (including phenoxy) is 4. The van der Waals surface area contributed by atoms with Gasteiger partial charge in [-0.1, -0.05) is 30.3 Å². The molecule has 1 aromatic rings. The quantitative estimate of drug-likeness (QED) is 0.390. The summed E-state index contributed by atoms with van der Waals surface area (Å²) in [5, 5.41) is 4.43. The molecule has 2 atom stereocenters. The normalized spacial score (nSPS) is 21.2. The summed E-state index contributed by atoms with van der Waals surface area (Å²) < 4.78 is 21.6. The standard InChI is InChI=1S/C26H31ClN2O5/c1-17(2)34-26(30)29-11-10-21-22-16-19(27)6-9-23(22)28-24(21)25(29)18-4-7-20(8-5-18)33-15-14-32-13-12-31-3/h4-9,22,25,28H,1,10-16H2,2-3H3. The largest absolute Gasteiger partial charge is 0.491 e. The minimum Gasteiger partial charge on any atom is -0.491 e. The lowest BCUT2D eigenvalue weighted by molar-refractivity contribution is 0.0544. The second kappa shape index (κ2) is 11.1. The van der Waals surface area contributed by atoms with Crippen LogP contribution in [0.4, 0.5) is 4.79 Å². The monoisotopic (exact) mass is 486 g/mol. The van der Waals surface area contributed by atoms with Crippen LogP contribution in [-0.2, 0) is 14.2 Å². The first-order chi connectivity index (χ1) is 16.5. The zero-order chi connectivity index (χ0) is 24.1. The maximum absolute atomic E-state index is 13.0. The summed E-state index contributed by atoms with van der Waals surface area (Å²) in [5.41, 5.74) is 4.43. The molecule has 2 aliphatic heterocycles. The summed E-state index contributed by atoms with van der Waals surface area (Å²) >= 11 is 6.34. The highest BCUT2D eigenvalue weighted by Gasteiger charge is 2.42. The Labute approximate surface area is 205 Å². The van der Waals surface area contributed by atoms with Gasteiger partial charge in [-0.3, -0.25) is 4.90 Å². The topological polar surface area (TPSA) is 69.3 Å². The fraction of sp³-hybridized carbons (Fsp3) is 0.423. The number of nitrogens with one attached hydrogen (secondary N) is 1. The molecule has 1 aliphatic carbocycles. The van der Waals surface area contributed by atoms with Gasteiger partial charge in [0.1, 0.15) is 18.4 Å². The van der Waals surface area contributed by atoms with E-state index in [4.69, 9.17) is 30.5 Å². The van der Waals surface area contributed by atoms with Crippen molar-refractivity contribution in [1.29, 1.82) is 0 Å². The SMILES string of the molecule is C=C(C)OC(=O)N1CCC2=C(NC3=CC=C(Cl)CC32)C1c1ccc(OCCOCCOC)cc1. The van der Waals surface area contributed by atoms with Crippen LogP contribution in [0.5, 0.6) is 5.75 Å². The molecule has 1 N–H and O–H groups in total. The van der Waals surface area contributed by atoms with Gasteiger partial charge in [0.2, 0.25) is 0 Å². The van der Waals surface area contributed by atoms with Gasteiger partial charge < -0.3 is 24.3 Å². The third kappa shape index (κ3) is 5.49. The Hall–Kier alpha value is -2.74. The third-order valence-electron chi connectivity index (χ3n) is 6.09. The molecule has 0 radical (unpaired) electrons. The van der Waals surface area contributed by atoms with Crippen LogP contribution < -0.4 is 10.1 Å². The fourth-order valence-electron chi connectivity index (χ4n) is 4.57. The molecule has 3 aliphatic rings. The van der Waals surface area contributed by atoms with Crippen LogP contribution in [0.1, 0.15) is 31.4 Å². The molecule has 0 bridgehead atoms. The van der Waals surface area contributed by atoms with E-state index in [1.165, 1.54) is 5.57 Å². The first-order valence-electron chi connectivity index (χ1n) is 11.5. The number of allylic oxidation sites excluding steroid dienone is 5. The van der Waals surface area contributed by atoms with Crippen molar-refractivity contribution in [2.45, 2.75) is 25.8 Å². The highest BCUT2D eigenvalue weighted by molar-refractivity contribution is 6.29. The second-order valence-corrected chi connectivity index (χ2v) is 8.98. The van der Waals surface area contributed by atoms with Gasteiger partial charge in [-0.05, 0) is 55.2 Å². The summed E-state index contributed by atoms with van der Waals surface area (Å²) in [7, 11) is 1.64. The Morgan fingerprint density at radius 2 is 1.94 bits per heavy atom. The van der Waals surface area contributed by atoms with Crippen LogP contribution in [0.2, 0.25) is 0 Å². The molecule has 0 spiro atoms. The molecular weight excluding hydrogens is 456 g/mol. The van der Waals surface area contributed by atoms with E-state index in [9.17, 15) is 4.79 Å². The number of amides is 1. The van der Waals surface area contributed by atoms with Gasteiger partial charge in [0.15, 0.2) is 0 Å². The van der Waals surface area contributed by atoms with E-state index < -0.39 is 6.09 Å². The molecule has 1 amide bonds. The van der Waals surface area contributed by atoms with Gasteiger partial charge in [0, 0.05) is 36.0 Å². The number of hydrogen-bond acceptors (Lipinski definition) is 6. The van der Waals surface area contributed by atoms with Crippen LogP contribution in [0.25, 0.3) is 0 Å². The molecule has 4 rings (SSSR count). The van der Waals surface area contributed by atoms with Gasteiger partial charge in [0.05, 0.1) is 25.6 Å². The highest BCUT2D eigenvalue weighted by Crippen LogP contribution is 2.47. The molecule has 2 heterocycles. The summed E-state index contributed by atoms with van der Waals surface area (Å²) in [5.74, 6) is 1.34. The molecule has 7 nitrogen and oxygen atoms in total. The van der Waals surface area contributed by atoms with Crippen molar-refractivity contribution in [3.63, 3.8) is 0 Å². The van der Waals surface area contributed by atoms with Gasteiger partial charge in [0.25, 0.3) is 0 Å². The molecule has 8 heteroatoms. The molecule has 182 valence electrons.